The number of nitrogens with zero attached hydrogens (tertiary/aromatic N) is 1. The molecule has 0 aliphatic heterocycles. The first-order chi connectivity index (χ1) is 8.58. The lowest BCUT2D eigenvalue weighted by Gasteiger charge is -2.11. The van der Waals surface area contributed by atoms with E-state index < -0.39 is 4.92 Å². The first-order valence-corrected chi connectivity index (χ1v) is 6.27. The molecule has 0 aromatic heterocycles. The molecule has 1 aromatic carbocycles. The van der Waals surface area contributed by atoms with Crippen molar-refractivity contribution >= 4 is 17.3 Å². The van der Waals surface area contributed by atoms with Gasteiger partial charge in [0, 0.05) is 25.2 Å². The molecule has 1 unspecified atom stereocenters. The summed E-state index contributed by atoms with van der Waals surface area (Å²) >= 11 is 5.96. The van der Waals surface area contributed by atoms with E-state index in [1.807, 2.05) is 0 Å². The number of rotatable bonds is 6. The van der Waals surface area contributed by atoms with E-state index in [-0.39, 0.29) is 11.8 Å². The maximum absolute atomic E-state index is 10.5. The monoisotopic (exact) mass is 270 g/mol. The van der Waals surface area contributed by atoms with Crippen molar-refractivity contribution in [2.24, 2.45) is 5.92 Å². The minimum Gasteiger partial charge on any atom is -0.392 e. The van der Waals surface area contributed by atoms with Crippen LogP contribution in [0.4, 0.5) is 5.69 Å². The van der Waals surface area contributed by atoms with Gasteiger partial charge in [0.2, 0.25) is 0 Å². The fourth-order valence-electron chi connectivity index (χ4n) is 1.80. The van der Waals surface area contributed by atoms with Gasteiger partial charge in [0.15, 0.2) is 0 Å². The van der Waals surface area contributed by atoms with E-state index in [2.05, 4.69) is 5.32 Å². The molecule has 1 fully saturated rings. The molecule has 18 heavy (non-hydrogen) atoms. The second kappa shape index (κ2) is 5.65. The number of hydrogen-bond acceptors (Lipinski definition) is 4. The minimum atomic E-state index is -0.472. The van der Waals surface area contributed by atoms with Gasteiger partial charge in [-0.2, -0.15) is 0 Å². The summed E-state index contributed by atoms with van der Waals surface area (Å²) in [5.74, 6) is 0.435. The van der Waals surface area contributed by atoms with E-state index in [4.69, 9.17) is 11.6 Å². The predicted molar refractivity (Wildman–Crippen MR) is 68.5 cm³/mol. The third-order valence-electron chi connectivity index (χ3n) is 3.08. The van der Waals surface area contributed by atoms with Crippen LogP contribution in [-0.4, -0.2) is 22.7 Å². The van der Waals surface area contributed by atoms with E-state index in [9.17, 15) is 15.2 Å². The van der Waals surface area contributed by atoms with E-state index in [0.29, 0.717) is 24.0 Å². The van der Waals surface area contributed by atoms with Crippen molar-refractivity contribution in [2.45, 2.75) is 25.5 Å². The van der Waals surface area contributed by atoms with Crippen LogP contribution in [0.25, 0.3) is 0 Å². The molecule has 6 heteroatoms. The Balaban J connectivity index is 1.86. The predicted octanol–water partition coefficient (Wildman–Crippen LogP) is 2.11. The molecule has 1 saturated carbocycles. The Hall–Kier alpha value is -1.17. The molecule has 1 aromatic rings. The van der Waals surface area contributed by atoms with Gasteiger partial charge in [0.25, 0.3) is 5.69 Å². The van der Waals surface area contributed by atoms with Crippen LogP contribution in [0.1, 0.15) is 18.4 Å². The lowest BCUT2D eigenvalue weighted by atomic mass is 10.2. The molecule has 0 amide bonds. The minimum absolute atomic E-state index is 0.0123. The van der Waals surface area contributed by atoms with Gasteiger partial charge in [-0.3, -0.25) is 10.1 Å². The highest BCUT2D eigenvalue weighted by Gasteiger charge is 2.29. The van der Waals surface area contributed by atoms with Crippen molar-refractivity contribution in [3.05, 3.63) is 38.9 Å². The van der Waals surface area contributed by atoms with Gasteiger partial charge in [-0.1, -0.05) is 11.6 Å². The van der Waals surface area contributed by atoms with Crippen LogP contribution in [-0.2, 0) is 6.54 Å². The molecule has 2 rings (SSSR count). The Morgan fingerprint density at radius 3 is 2.83 bits per heavy atom. The normalized spacial score (nSPS) is 16.6. The molecule has 98 valence electrons. The third-order valence-corrected chi connectivity index (χ3v) is 3.43. The fourth-order valence-corrected chi connectivity index (χ4v) is 2.04. The van der Waals surface area contributed by atoms with E-state index in [0.717, 1.165) is 18.4 Å². The number of benzene rings is 1. The summed E-state index contributed by atoms with van der Waals surface area (Å²) in [7, 11) is 0. The second-order valence-corrected chi connectivity index (χ2v) is 4.98. The van der Waals surface area contributed by atoms with Crippen LogP contribution in [0.5, 0.6) is 0 Å². The molecule has 0 bridgehead atoms. The zero-order valence-electron chi connectivity index (χ0n) is 9.80. The number of non-ortho nitro benzene ring substituents is 1. The molecule has 1 aliphatic rings. The van der Waals surface area contributed by atoms with Crippen LogP contribution in [0.15, 0.2) is 18.2 Å². The summed E-state index contributed by atoms with van der Waals surface area (Å²) < 4.78 is 0. The average Bonchev–Trinajstić information content (AvgIpc) is 3.14. The van der Waals surface area contributed by atoms with Gasteiger partial charge in [-0.15, -0.1) is 0 Å². The van der Waals surface area contributed by atoms with E-state index in [1.54, 1.807) is 6.07 Å². The maximum Gasteiger partial charge on any atom is 0.270 e. The number of halogens is 1. The van der Waals surface area contributed by atoms with Crippen LogP contribution in [0.3, 0.4) is 0 Å². The number of aliphatic hydroxyl groups excluding tert-OH is 1. The number of nitro groups is 1. The van der Waals surface area contributed by atoms with E-state index in [1.165, 1.54) is 12.1 Å². The van der Waals surface area contributed by atoms with Gasteiger partial charge < -0.3 is 10.4 Å². The Bertz CT molecular complexity index is 449. The lowest BCUT2D eigenvalue weighted by Crippen LogP contribution is -2.27. The highest BCUT2D eigenvalue weighted by molar-refractivity contribution is 6.31. The van der Waals surface area contributed by atoms with Crippen molar-refractivity contribution in [3.63, 3.8) is 0 Å². The summed E-state index contributed by atoms with van der Waals surface area (Å²) in [4.78, 5) is 10.1. The van der Waals surface area contributed by atoms with Crippen molar-refractivity contribution in [1.82, 2.24) is 5.32 Å². The van der Waals surface area contributed by atoms with Crippen LogP contribution < -0.4 is 5.32 Å². The van der Waals surface area contributed by atoms with Gasteiger partial charge in [-0.25, -0.2) is 0 Å². The van der Waals surface area contributed by atoms with Crippen molar-refractivity contribution in [2.75, 3.05) is 6.54 Å². The molecule has 1 atom stereocenters. The summed E-state index contributed by atoms with van der Waals surface area (Å²) in [6, 6.07) is 4.41. The summed E-state index contributed by atoms with van der Waals surface area (Å²) in [5.41, 5.74) is 0.784. The molecule has 0 radical (unpaired) electrons. The Kier molecular flexibility index (Phi) is 4.16. The first kappa shape index (κ1) is 13.3. The average molecular weight is 271 g/mol. The maximum atomic E-state index is 10.5. The Labute approximate surface area is 110 Å². The second-order valence-electron chi connectivity index (χ2n) is 4.57. The molecule has 1 aliphatic carbocycles. The van der Waals surface area contributed by atoms with Crippen molar-refractivity contribution in [1.29, 1.82) is 0 Å². The summed E-state index contributed by atoms with van der Waals surface area (Å²) in [6.45, 7) is 1.03. The molecule has 0 heterocycles. The van der Waals surface area contributed by atoms with Crippen molar-refractivity contribution in [3.8, 4) is 0 Å². The van der Waals surface area contributed by atoms with Crippen molar-refractivity contribution < 1.29 is 10.0 Å². The highest BCUT2D eigenvalue weighted by atomic mass is 35.5. The van der Waals surface area contributed by atoms with Crippen LogP contribution in [0.2, 0.25) is 5.02 Å². The molecule has 5 nitrogen and oxygen atoms in total. The number of nitrogens with one attached hydrogen (secondary N) is 1. The van der Waals surface area contributed by atoms with Gasteiger partial charge in [0.05, 0.1) is 16.0 Å². The van der Waals surface area contributed by atoms with E-state index >= 15 is 0 Å². The molecular formula is C12H15ClN2O3. The Morgan fingerprint density at radius 1 is 1.56 bits per heavy atom. The lowest BCUT2D eigenvalue weighted by molar-refractivity contribution is -0.384. The standard InChI is InChI=1S/C12H15ClN2O3/c13-11-5-10(15(17)18)4-3-9(11)6-14-7-12(16)8-1-2-8/h3-5,8,12,14,16H,1-2,6-7H2. The largest absolute Gasteiger partial charge is 0.392 e. The highest BCUT2D eigenvalue weighted by Crippen LogP contribution is 2.32. The smallest absolute Gasteiger partial charge is 0.270 e. The molecule has 0 saturated heterocycles. The fraction of sp³-hybridized carbons (Fsp3) is 0.500. The molecule has 0 spiro atoms. The SMILES string of the molecule is O=[N+]([O-])c1ccc(CNCC(O)C2CC2)c(Cl)c1. The molecular weight excluding hydrogens is 256 g/mol. The first-order valence-electron chi connectivity index (χ1n) is 5.89. The summed E-state index contributed by atoms with van der Waals surface area (Å²) in [6.07, 6.45) is 1.89. The zero-order valence-corrected chi connectivity index (χ0v) is 10.6. The number of aliphatic hydroxyl groups is 1. The van der Waals surface area contributed by atoms with Crippen LogP contribution in [0, 0.1) is 16.0 Å². The summed E-state index contributed by atoms with van der Waals surface area (Å²) in [5, 5.41) is 23.7. The quantitative estimate of drug-likeness (QED) is 0.613. The van der Waals surface area contributed by atoms with Gasteiger partial charge in [0.1, 0.15) is 0 Å². The Morgan fingerprint density at radius 2 is 2.28 bits per heavy atom. The third kappa shape index (κ3) is 3.41. The topological polar surface area (TPSA) is 75.4 Å². The zero-order chi connectivity index (χ0) is 13.1. The van der Waals surface area contributed by atoms with Gasteiger partial charge in [-0.05, 0) is 30.4 Å². The number of hydrogen-bond donors (Lipinski definition) is 2. The number of nitro benzene ring substituents is 1. The molecule has 2 N–H and O–H groups in total. The van der Waals surface area contributed by atoms with Crippen LogP contribution >= 0.6 is 11.6 Å². The van der Waals surface area contributed by atoms with Gasteiger partial charge >= 0.3 is 0 Å².